The van der Waals surface area contributed by atoms with Gasteiger partial charge in [0.05, 0.1) is 7.11 Å². The summed E-state index contributed by atoms with van der Waals surface area (Å²) < 4.78 is 4.80. The number of methoxy groups -OCH3 is 1. The van der Waals surface area contributed by atoms with Gasteiger partial charge < -0.3 is 4.74 Å². The summed E-state index contributed by atoms with van der Waals surface area (Å²) in [6.45, 7) is 5.87. The predicted molar refractivity (Wildman–Crippen MR) is 53.8 cm³/mol. The summed E-state index contributed by atoms with van der Waals surface area (Å²) in [4.78, 5) is 13.7. The van der Waals surface area contributed by atoms with E-state index in [0.717, 1.165) is 19.5 Å². The van der Waals surface area contributed by atoms with Crippen LogP contribution in [0.25, 0.3) is 0 Å². The minimum Gasteiger partial charge on any atom is -0.468 e. The van der Waals surface area contributed by atoms with E-state index in [1.54, 1.807) is 0 Å². The van der Waals surface area contributed by atoms with Crippen LogP contribution in [0.1, 0.15) is 12.8 Å². The zero-order valence-corrected chi connectivity index (χ0v) is 8.61. The van der Waals surface area contributed by atoms with Gasteiger partial charge >= 0.3 is 5.97 Å². The number of esters is 1. The summed E-state index contributed by atoms with van der Waals surface area (Å²) in [5, 5.41) is 0. The highest BCUT2D eigenvalue weighted by Crippen LogP contribution is 2.36. The first kappa shape index (κ1) is 9.71. The molecule has 3 aliphatic rings. The van der Waals surface area contributed by atoms with Crippen LogP contribution >= 0.6 is 0 Å². The Labute approximate surface area is 84.7 Å². The van der Waals surface area contributed by atoms with Gasteiger partial charge in [-0.15, -0.1) is 6.58 Å². The summed E-state index contributed by atoms with van der Waals surface area (Å²) in [6.07, 6.45) is 4.18. The van der Waals surface area contributed by atoms with Crippen LogP contribution in [-0.4, -0.2) is 37.1 Å². The molecule has 0 radical (unpaired) electrons. The Bertz CT molecular complexity index is 252. The summed E-state index contributed by atoms with van der Waals surface area (Å²) in [5.41, 5.74) is 0. The summed E-state index contributed by atoms with van der Waals surface area (Å²) in [5.74, 6) is 1.14. The molecule has 4 atom stereocenters. The van der Waals surface area contributed by atoms with Crippen molar-refractivity contribution in [3.05, 3.63) is 12.7 Å². The van der Waals surface area contributed by atoms with E-state index in [1.165, 1.54) is 13.5 Å². The van der Waals surface area contributed by atoms with Crippen molar-refractivity contribution in [3.63, 3.8) is 0 Å². The molecule has 0 amide bonds. The number of fused-ring (bicyclic) bond motifs is 3. The van der Waals surface area contributed by atoms with Crippen molar-refractivity contribution in [2.24, 2.45) is 11.8 Å². The van der Waals surface area contributed by atoms with Crippen LogP contribution in [-0.2, 0) is 9.53 Å². The molecule has 0 aromatic carbocycles. The molecule has 0 spiro atoms. The third-order valence-corrected chi connectivity index (χ3v) is 3.58. The van der Waals surface area contributed by atoms with Crippen molar-refractivity contribution < 1.29 is 9.53 Å². The molecule has 3 aliphatic heterocycles. The minimum atomic E-state index is -0.0720. The van der Waals surface area contributed by atoms with Crippen molar-refractivity contribution >= 4 is 5.97 Å². The maximum atomic E-state index is 11.5. The van der Waals surface area contributed by atoms with Crippen LogP contribution in [0.15, 0.2) is 12.7 Å². The van der Waals surface area contributed by atoms with Gasteiger partial charge in [-0.3, -0.25) is 9.69 Å². The molecule has 3 fully saturated rings. The second-order valence-corrected chi connectivity index (χ2v) is 4.22. The Kier molecular flexibility index (Phi) is 2.59. The van der Waals surface area contributed by atoms with E-state index in [4.69, 9.17) is 4.74 Å². The fraction of sp³-hybridized carbons (Fsp3) is 0.727. The smallest absolute Gasteiger partial charge is 0.323 e. The highest BCUT2D eigenvalue weighted by Gasteiger charge is 2.42. The Morgan fingerprint density at radius 2 is 2.43 bits per heavy atom. The van der Waals surface area contributed by atoms with Crippen LogP contribution in [0, 0.1) is 11.8 Å². The summed E-state index contributed by atoms with van der Waals surface area (Å²) in [7, 11) is 1.47. The number of carbonyl (C=O) groups excluding carboxylic acids is 1. The molecular formula is C11H17NO2. The summed E-state index contributed by atoms with van der Waals surface area (Å²) in [6, 6.07) is 0.00921. The molecular weight excluding hydrogens is 178 g/mol. The molecule has 3 saturated heterocycles. The number of piperidine rings is 3. The Balaban J connectivity index is 2.07. The lowest BCUT2D eigenvalue weighted by molar-refractivity contribution is -0.152. The number of carbonyl (C=O) groups is 1. The van der Waals surface area contributed by atoms with Crippen LogP contribution in [0.2, 0.25) is 0 Å². The van der Waals surface area contributed by atoms with E-state index in [2.05, 4.69) is 11.5 Å². The SMILES string of the molecule is C=C[C@H]1CN2CC[C@H]1C[C@H]2C(=O)OC. The number of nitrogens with zero attached hydrogens (tertiary/aromatic N) is 1. The van der Waals surface area contributed by atoms with Crippen molar-refractivity contribution in [3.8, 4) is 0 Å². The molecule has 3 heterocycles. The third kappa shape index (κ3) is 1.46. The standard InChI is InChI=1S/C11H17NO2/c1-3-8-7-12-5-4-9(8)6-10(12)11(13)14-2/h3,8-10H,1,4-7H2,2H3/t8-,9-,10-/m0/s1. The van der Waals surface area contributed by atoms with Gasteiger partial charge in [0, 0.05) is 6.54 Å². The van der Waals surface area contributed by atoms with Crippen LogP contribution in [0.5, 0.6) is 0 Å². The Hall–Kier alpha value is -0.830. The maximum absolute atomic E-state index is 11.5. The number of hydrogen-bond acceptors (Lipinski definition) is 3. The van der Waals surface area contributed by atoms with Crippen LogP contribution in [0.4, 0.5) is 0 Å². The first-order valence-corrected chi connectivity index (χ1v) is 5.20. The number of ether oxygens (including phenoxy) is 1. The largest absolute Gasteiger partial charge is 0.468 e. The van der Waals surface area contributed by atoms with Crippen molar-refractivity contribution in [1.82, 2.24) is 4.90 Å². The molecule has 0 aromatic rings. The van der Waals surface area contributed by atoms with E-state index in [-0.39, 0.29) is 12.0 Å². The highest BCUT2D eigenvalue weighted by atomic mass is 16.5. The lowest BCUT2D eigenvalue weighted by Gasteiger charge is -2.47. The molecule has 1 unspecified atom stereocenters. The highest BCUT2D eigenvalue weighted by molar-refractivity contribution is 5.76. The molecule has 2 bridgehead atoms. The Morgan fingerprint density at radius 3 is 2.93 bits per heavy atom. The maximum Gasteiger partial charge on any atom is 0.323 e. The zero-order valence-electron chi connectivity index (χ0n) is 8.61. The lowest BCUT2D eigenvalue weighted by Crippen LogP contribution is -2.56. The van der Waals surface area contributed by atoms with E-state index in [0.29, 0.717) is 11.8 Å². The van der Waals surface area contributed by atoms with Gasteiger partial charge in [0.15, 0.2) is 0 Å². The fourth-order valence-corrected chi connectivity index (χ4v) is 2.72. The van der Waals surface area contributed by atoms with Crippen molar-refractivity contribution in [1.29, 1.82) is 0 Å². The van der Waals surface area contributed by atoms with E-state index in [1.807, 2.05) is 6.08 Å². The lowest BCUT2D eigenvalue weighted by atomic mass is 9.76. The molecule has 78 valence electrons. The second kappa shape index (κ2) is 3.73. The van der Waals surface area contributed by atoms with E-state index < -0.39 is 0 Å². The molecule has 0 aliphatic carbocycles. The van der Waals surface area contributed by atoms with Gasteiger partial charge in [-0.1, -0.05) is 6.08 Å². The van der Waals surface area contributed by atoms with Gasteiger partial charge in [0.2, 0.25) is 0 Å². The zero-order chi connectivity index (χ0) is 10.1. The molecule has 3 nitrogen and oxygen atoms in total. The van der Waals surface area contributed by atoms with Gasteiger partial charge in [-0.25, -0.2) is 0 Å². The van der Waals surface area contributed by atoms with Crippen molar-refractivity contribution in [2.45, 2.75) is 18.9 Å². The molecule has 3 heteroatoms. The monoisotopic (exact) mass is 195 g/mol. The van der Waals surface area contributed by atoms with Gasteiger partial charge in [0.1, 0.15) is 6.04 Å². The molecule has 0 aromatic heterocycles. The van der Waals surface area contributed by atoms with Crippen LogP contribution < -0.4 is 0 Å². The first-order valence-electron chi connectivity index (χ1n) is 5.20. The second-order valence-electron chi connectivity index (χ2n) is 4.22. The number of rotatable bonds is 2. The normalized spacial score (nSPS) is 40.6. The average Bonchev–Trinajstić information content (AvgIpc) is 2.28. The first-order chi connectivity index (χ1) is 6.76. The minimum absolute atomic E-state index is 0.00921. The van der Waals surface area contributed by atoms with Crippen LogP contribution in [0.3, 0.4) is 0 Å². The van der Waals surface area contributed by atoms with Gasteiger partial charge in [-0.05, 0) is 31.2 Å². The predicted octanol–water partition coefficient (Wildman–Crippen LogP) is 1.06. The quantitative estimate of drug-likeness (QED) is 0.487. The van der Waals surface area contributed by atoms with E-state index in [9.17, 15) is 4.79 Å². The fourth-order valence-electron chi connectivity index (χ4n) is 2.72. The van der Waals surface area contributed by atoms with Gasteiger partial charge in [-0.2, -0.15) is 0 Å². The van der Waals surface area contributed by atoms with Gasteiger partial charge in [0.25, 0.3) is 0 Å². The molecule has 0 saturated carbocycles. The summed E-state index contributed by atoms with van der Waals surface area (Å²) >= 11 is 0. The average molecular weight is 195 g/mol. The topological polar surface area (TPSA) is 29.5 Å². The third-order valence-electron chi connectivity index (χ3n) is 3.58. The Morgan fingerprint density at radius 1 is 1.64 bits per heavy atom. The molecule has 3 rings (SSSR count). The number of hydrogen-bond donors (Lipinski definition) is 0. The molecule has 14 heavy (non-hydrogen) atoms. The molecule has 0 N–H and O–H groups in total. The van der Waals surface area contributed by atoms with E-state index >= 15 is 0 Å². The van der Waals surface area contributed by atoms with Crippen molar-refractivity contribution in [2.75, 3.05) is 20.2 Å².